The number of carbonyl (C=O) groups excluding carboxylic acids is 2. The number of carbonyl (C=O) groups is 2. The Kier molecular flexibility index (Phi) is 9.06. The minimum absolute atomic E-state index is 0.325. The predicted molar refractivity (Wildman–Crippen MR) is 117 cm³/mol. The van der Waals surface area contributed by atoms with Crippen LogP contribution in [-0.2, 0) is 9.47 Å². The predicted octanol–water partition coefficient (Wildman–Crippen LogP) is 1.93. The number of ether oxygens (including phenoxy) is 2. The molecule has 0 aliphatic heterocycles. The van der Waals surface area contributed by atoms with E-state index in [1.807, 2.05) is 0 Å². The Hall–Kier alpha value is -2.62. The zero-order valence-corrected chi connectivity index (χ0v) is 20.3. The number of aromatic amines is 2. The van der Waals surface area contributed by atoms with E-state index in [0.717, 1.165) is 0 Å². The van der Waals surface area contributed by atoms with Crippen molar-refractivity contribution < 1.29 is 19.1 Å². The molecule has 2 rings (SSSR count). The van der Waals surface area contributed by atoms with E-state index < -0.39 is 35.5 Å². The third-order valence-corrected chi connectivity index (χ3v) is 5.70. The quantitative estimate of drug-likeness (QED) is 0.297. The van der Waals surface area contributed by atoms with Crippen LogP contribution in [0.4, 0.5) is 9.59 Å². The molecule has 0 spiro atoms. The maximum atomic E-state index is 12.2. The molecule has 0 saturated carbocycles. The van der Waals surface area contributed by atoms with Gasteiger partial charge in [0.2, 0.25) is 0 Å². The van der Waals surface area contributed by atoms with Crippen LogP contribution in [0.2, 0.25) is 0 Å². The number of aromatic nitrogens is 8. The van der Waals surface area contributed by atoms with Gasteiger partial charge < -0.3 is 20.1 Å². The first-order valence-corrected chi connectivity index (χ1v) is 12.1. The van der Waals surface area contributed by atoms with E-state index in [0.29, 0.717) is 23.2 Å². The van der Waals surface area contributed by atoms with Gasteiger partial charge >= 0.3 is 12.2 Å². The summed E-state index contributed by atoms with van der Waals surface area (Å²) in [5, 5.41) is 33.1. The standard InChI is InChI=1S/C16H28N10O4S2/c1-15(2,3)29-13(27)17-9(11-19-23-24-20-11)7-31-32-8-10(12-21-25-26-22-12)18-14(28)30-16(4,5)6/h9-10H,7-8H2,1-6H3,(H,17,27)(H,18,28)(H,19,20,23,24)(H,21,22,25,26)/t9-,10-/m0/s1. The number of amides is 2. The minimum Gasteiger partial charge on any atom is -0.444 e. The summed E-state index contributed by atoms with van der Waals surface area (Å²) in [5.74, 6) is 1.47. The lowest BCUT2D eigenvalue weighted by molar-refractivity contribution is 0.0495. The van der Waals surface area contributed by atoms with Gasteiger partial charge in [0, 0.05) is 11.5 Å². The van der Waals surface area contributed by atoms with Crippen LogP contribution in [0.3, 0.4) is 0 Å². The molecule has 0 saturated heterocycles. The summed E-state index contributed by atoms with van der Waals surface area (Å²) < 4.78 is 10.6. The van der Waals surface area contributed by atoms with Crippen LogP contribution in [0.25, 0.3) is 0 Å². The van der Waals surface area contributed by atoms with Crippen molar-refractivity contribution in [3.8, 4) is 0 Å². The zero-order valence-electron chi connectivity index (χ0n) is 18.7. The molecule has 2 aromatic rings. The topological polar surface area (TPSA) is 186 Å². The van der Waals surface area contributed by atoms with Gasteiger partial charge in [0.1, 0.15) is 23.3 Å². The van der Waals surface area contributed by atoms with Crippen LogP contribution >= 0.6 is 21.6 Å². The van der Waals surface area contributed by atoms with E-state index in [1.54, 1.807) is 41.5 Å². The van der Waals surface area contributed by atoms with E-state index in [-0.39, 0.29) is 0 Å². The second-order valence-corrected chi connectivity index (χ2v) is 11.1. The molecule has 4 N–H and O–H groups in total. The highest BCUT2D eigenvalue weighted by Gasteiger charge is 2.25. The minimum atomic E-state index is -0.640. The fraction of sp³-hybridized carbons (Fsp3) is 0.750. The first-order chi connectivity index (χ1) is 14.9. The summed E-state index contributed by atoms with van der Waals surface area (Å²) in [5.41, 5.74) is -1.28. The lowest BCUT2D eigenvalue weighted by Gasteiger charge is -2.23. The highest BCUT2D eigenvalue weighted by atomic mass is 33.1. The molecule has 2 amide bonds. The van der Waals surface area contributed by atoms with Crippen molar-refractivity contribution in [1.82, 2.24) is 51.9 Å². The Labute approximate surface area is 192 Å². The molecule has 0 aliphatic rings. The maximum Gasteiger partial charge on any atom is 0.408 e. The second-order valence-electron chi connectivity index (χ2n) is 8.51. The molecule has 2 heterocycles. The van der Waals surface area contributed by atoms with Crippen molar-refractivity contribution in [3.05, 3.63) is 11.6 Å². The maximum absolute atomic E-state index is 12.2. The van der Waals surface area contributed by atoms with Gasteiger partial charge in [-0.25, -0.2) is 9.59 Å². The van der Waals surface area contributed by atoms with Crippen LogP contribution in [-0.4, -0.2) is 76.1 Å². The average molecular weight is 489 g/mol. The molecular weight excluding hydrogens is 460 g/mol. The lowest BCUT2D eigenvalue weighted by Crippen LogP contribution is -2.36. The van der Waals surface area contributed by atoms with Crippen molar-refractivity contribution in [1.29, 1.82) is 0 Å². The fourth-order valence-electron chi connectivity index (χ4n) is 2.13. The Morgan fingerprint density at radius 1 is 0.812 bits per heavy atom. The molecule has 0 unspecified atom stereocenters. The summed E-state index contributed by atoms with van der Waals surface area (Å²) in [7, 11) is 2.86. The summed E-state index contributed by atoms with van der Waals surface area (Å²) in [6.45, 7) is 10.6. The Balaban J connectivity index is 1.92. The van der Waals surface area contributed by atoms with Crippen LogP contribution in [0.5, 0.6) is 0 Å². The molecular formula is C16H28N10O4S2. The number of hydrogen-bond acceptors (Lipinski definition) is 12. The van der Waals surface area contributed by atoms with Gasteiger partial charge in [-0.05, 0) is 41.5 Å². The molecule has 0 radical (unpaired) electrons. The van der Waals surface area contributed by atoms with E-state index >= 15 is 0 Å². The van der Waals surface area contributed by atoms with Crippen molar-refractivity contribution in [2.24, 2.45) is 0 Å². The first kappa shape index (κ1) is 25.6. The Morgan fingerprint density at radius 3 is 1.47 bits per heavy atom. The molecule has 178 valence electrons. The van der Waals surface area contributed by atoms with Crippen molar-refractivity contribution >= 4 is 33.8 Å². The van der Waals surface area contributed by atoms with Crippen LogP contribution in [0.1, 0.15) is 65.3 Å². The molecule has 32 heavy (non-hydrogen) atoms. The third kappa shape index (κ3) is 9.67. The van der Waals surface area contributed by atoms with Crippen LogP contribution in [0, 0.1) is 0 Å². The number of hydrogen-bond donors (Lipinski definition) is 4. The molecule has 16 heteroatoms. The summed E-state index contributed by atoms with van der Waals surface area (Å²) >= 11 is 0. The van der Waals surface area contributed by atoms with E-state index in [4.69, 9.17) is 9.47 Å². The van der Waals surface area contributed by atoms with Gasteiger partial charge in [0.05, 0.1) is 0 Å². The molecule has 0 bridgehead atoms. The third-order valence-electron chi connectivity index (χ3n) is 3.28. The number of alkyl carbamates (subject to hydrolysis) is 2. The molecule has 0 aliphatic carbocycles. The molecule has 14 nitrogen and oxygen atoms in total. The summed E-state index contributed by atoms with van der Waals surface area (Å²) in [6, 6.07) is -1.08. The second kappa shape index (κ2) is 11.3. The smallest absolute Gasteiger partial charge is 0.408 e. The van der Waals surface area contributed by atoms with Gasteiger partial charge in [-0.1, -0.05) is 32.0 Å². The summed E-state index contributed by atoms with van der Waals surface area (Å²) in [6.07, 6.45) is -1.18. The highest BCUT2D eigenvalue weighted by Crippen LogP contribution is 2.30. The van der Waals surface area contributed by atoms with E-state index in [2.05, 4.69) is 51.9 Å². The highest BCUT2D eigenvalue weighted by molar-refractivity contribution is 8.76. The SMILES string of the molecule is CC(C)(C)OC(=O)N[C@@H](CSSC[C@H](NC(=O)OC(C)(C)C)c1nn[nH]n1)c1nn[nH]n1. The lowest BCUT2D eigenvalue weighted by atomic mass is 10.2. The number of rotatable bonds is 9. The normalized spacial score (nSPS) is 13.8. The Bertz CT molecular complexity index is 766. The van der Waals surface area contributed by atoms with E-state index in [1.165, 1.54) is 21.6 Å². The van der Waals surface area contributed by atoms with Gasteiger partial charge in [-0.15, -0.1) is 20.4 Å². The fourth-order valence-corrected chi connectivity index (χ4v) is 4.45. The molecule has 0 fully saturated rings. The van der Waals surface area contributed by atoms with Crippen LogP contribution in [0.15, 0.2) is 0 Å². The first-order valence-electron chi connectivity index (χ1n) is 9.63. The van der Waals surface area contributed by atoms with Gasteiger partial charge in [-0.2, -0.15) is 10.4 Å². The van der Waals surface area contributed by atoms with Crippen molar-refractivity contribution in [3.63, 3.8) is 0 Å². The molecule has 2 atom stereocenters. The zero-order chi connectivity index (χ0) is 23.8. The van der Waals surface area contributed by atoms with Gasteiger partial charge in [0.15, 0.2) is 11.6 Å². The number of tetrazole rings is 2. The van der Waals surface area contributed by atoms with Crippen LogP contribution < -0.4 is 10.6 Å². The van der Waals surface area contributed by atoms with E-state index in [9.17, 15) is 9.59 Å². The largest absolute Gasteiger partial charge is 0.444 e. The van der Waals surface area contributed by atoms with Gasteiger partial charge in [0.25, 0.3) is 0 Å². The monoisotopic (exact) mass is 488 g/mol. The number of nitrogens with one attached hydrogen (secondary N) is 4. The molecule has 0 aromatic carbocycles. The average Bonchev–Trinajstić information content (AvgIpc) is 3.34. The summed E-state index contributed by atoms with van der Waals surface area (Å²) in [4.78, 5) is 24.3. The number of H-pyrrole nitrogens is 2. The van der Waals surface area contributed by atoms with Gasteiger partial charge in [-0.3, -0.25) is 0 Å². The Morgan fingerprint density at radius 2 is 1.19 bits per heavy atom. The van der Waals surface area contributed by atoms with Crippen molar-refractivity contribution in [2.45, 2.75) is 64.8 Å². The molecule has 2 aromatic heterocycles. The number of nitrogens with zero attached hydrogens (tertiary/aromatic N) is 6. The van der Waals surface area contributed by atoms with Crippen molar-refractivity contribution in [2.75, 3.05) is 11.5 Å².